The monoisotopic (exact) mass is 307 g/mol. The summed E-state index contributed by atoms with van der Waals surface area (Å²) < 4.78 is 22.1. The minimum atomic E-state index is -0.663. The molecule has 7 heteroatoms. The molecule has 2 aliphatic rings. The number of hydrogen-bond donors (Lipinski definition) is 0. The summed E-state index contributed by atoms with van der Waals surface area (Å²) in [5.41, 5.74) is -1.05. The molecule has 1 amide bonds. The third kappa shape index (κ3) is 4.39. The van der Waals surface area contributed by atoms with E-state index in [-0.39, 0.29) is 30.5 Å². The molecule has 122 valence electrons. The van der Waals surface area contributed by atoms with Gasteiger partial charge in [0.15, 0.2) is 5.79 Å². The Morgan fingerprint density at radius 2 is 1.86 bits per heavy atom. The van der Waals surface area contributed by atoms with Gasteiger partial charge in [-0.15, -0.1) is 6.42 Å². The van der Waals surface area contributed by atoms with Crippen LogP contribution in [0.15, 0.2) is 0 Å². The molecule has 0 aromatic carbocycles. The molecule has 0 bridgehead atoms. The van der Waals surface area contributed by atoms with Crippen LogP contribution in [0.1, 0.15) is 48.0 Å². The molecular formula is C15H26LiNO5. The summed E-state index contributed by atoms with van der Waals surface area (Å²) in [5, 5.41) is 0. The van der Waals surface area contributed by atoms with Crippen molar-refractivity contribution >= 4 is 6.09 Å². The first kappa shape index (κ1) is 19.8. The van der Waals surface area contributed by atoms with Crippen LogP contribution in [0.3, 0.4) is 0 Å². The number of rotatable bonds is 3. The van der Waals surface area contributed by atoms with E-state index in [0.717, 1.165) is 0 Å². The van der Waals surface area contributed by atoms with Crippen molar-refractivity contribution in [3.63, 3.8) is 0 Å². The van der Waals surface area contributed by atoms with Crippen LogP contribution in [0.25, 0.3) is 0 Å². The van der Waals surface area contributed by atoms with Crippen LogP contribution in [-0.4, -0.2) is 47.4 Å². The number of carbonyl (C=O) groups is 1. The molecule has 2 heterocycles. The zero-order chi connectivity index (χ0) is 15.9. The average molecular weight is 307 g/mol. The molecule has 2 fully saturated rings. The molecule has 0 aliphatic carbocycles. The summed E-state index contributed by atoms with van der Waals surface area (Å²) in [7, 11) is 0. The largest absolute Gasteiger partial charge is 1.00 e. The van der Waals surface area contributed by atoms with Crippen molar-refractivity contribution in [3.05, 3.63) is 6.61 Å². The minimum absolute atomic E-state index is 0. The quantitative estimate of drug-likeness (QED) is 0.528. The van der Waals surface area contributed by atoms with E-state index in [4.69, 9.17) is 18.9 Å². The van der Waals surface area contributed by atoms with Gasteiger partial charge in [-0.2, -0.15) is 6.61 Å². The topological polar surface area (TPSA) is 57.2 Å². The van der Waals surface area contributed by atoms with E-state index in [9.17, 15) is 4.79 Å². The maximum Gasteiger partial charge on any atom is 1.00 e. The molecule has 6 nitrogen and oxygen atoms in total. The third-order valence-electron chi connectivity index (χ3n) is 3.72. The van der Waals surface area contributed by atoms with Crippen molar-refractivity contribution in [2.45, 2.75) is 71.1 Å². The van der Waals surface area contributed by atoms with E-state index in [1.54, 1.807) is 4.90 Å². The van der Waals surface area contributed by atoms with Crippen LogP contribution in [0.2, 0.25) is 0 Å². The molecule has 0 radical (unpaired) electrons. The van der Waals surface area contributed by atoms with E-state index in [1.807, 2.05) is 41.5 Å². The Labute approximate surface area is 145 Å². The van der Waals surface area contributed by atoms with Gasteiger partial charge in [0, 0.05) is 0 Å². The first-order valence-electron chi connectivity index (χ1n) is 7.32. The van der Waals surface area contributed by atoms with Crippen LogP contribution in [-0.2, 0) is 18.9 Å². The van der Waals surface area contributed by atoms with Crippen LogP contribution in [0.5, 0.6) is 0 Å². The molecule has 0 spiro atoms. The molecule has 0 aromatic heterocycles. The van der Waals surface area contributed by atoms with Crippen molar-refractivity contribution < 1.29 is 42.6 Å². The Bertz CT molecular complexity index is 395. The molecule has 1 unspecified atom stereocenters. The number of amides is 1. The number of ether oxygens (including phenoxy) is 4. The van der Waals surface area contributed by atoms with Gasteiger partial charge in [-0.05, 0) is 41.5 Å². The van der Waals surface area contributed by atoms with E-state index in [1.165, 1.54) is 6.61 Å². The van der Waals surface area contributed by atoms with E-state index >= 15 is 0 Å². The van der Waals surface area contributed by atoms with Gasteiger partial charge in [0.25, 0.3) is 0 Å². The van der Waals surface area contributed by atoms with Crippen LogP contribution >= 0.6 is 0 Å². The normalized spacial score (nSPS) is 28.3. The van der Waals surface area contributed by atoms with Gasteiger partial charge in [-0.25, -0.2) is 4.79 Å². The van der Waals surface area contributed by atoms with Crippen molar-refractivity contribution in [1.29, 1.82) is 0 Å². The molecular weight excluding hydrogens is 281 g/mol. The Morgan fingerprint density at radius 3 is 2.32 bits per heavy atom. The summed E-state index contributed by atoms with van der Waals surface area (Å²) in [6, 6.07) is 0. The van der Waals surface area contributed by atoms with Gasteiger partial charge in [0.05, 0.1) is 24.9 Å². The smallest absolute Gasteiger partial charge is 0.621 e. The molecule has 2 rings (SSSR count). The van der Waals surface area contributed by atoms with Crippen molar-refractivity contribution in [2.75, 3.05) is 13.2 Å². The molecule has 2 aliphatic heterocycles. The second-order valence-corrected chi connectivity index (χ2v) is 7.12. The molecule has 1 atom stereocenters. The second-order valence-electron chi connectivity index (χ2n) is 7.12. The average Bonchev–Trinajstić information content (AvgIpc) is 2.76. The number of nitrogens with zero attached hydrogens (tertiary/aromatic N) is 1. The summed E-state index contributed by atoms with van der Waals surface area (Å²) in [6.45, 7) is 13.9. The van der Waals surface area contributed by atoms with Crippen molar-refractivity contribution in [2.24, 2.45) is 0 Å². The summed E-state index contributed by atoms with van der Waals surface area (Å²) in [6.07, 6.45) is 0.0226. The minimum Gasteiger partial charge on any atom is -0.621 e. The molecule has 0 saturated carbocycles. The fourth-order valence-corrected chi connectivity index (χ4v) is 2.84. The van der Waals surface area contributed by atoms with Crippen molar-refractivity contribution in [3.8, 4) is 0 Å². The standard InChI is InChI=1S/C15H26NO5.Li/c1-13(2)10-20-14(3,4)16(13)12(17)18-8-7-11-9-19-15(5,6)21-11;/h8,11H,7,9-10H2,1-6H3;/q-1;+1. The van der Waals surface area contributed by atoms with Crippen LogP contribution in [0.4, 0.5) is 4.79 Å². The second kappa shape index (κ2) is 6.70. The maximum atomic E-state index is 12.3. The molecule has 22 heavy (non-hydrogen) atoms. The summed E-state index contributed by atoms with van der Waals surface area (Å²) in [4.78, 5) is 13.9. The van der Waals surface area contributed by atoms with E-state index in [0.29, 0.717) is 19.6 Å². The van der Waals surface area contributed by atoms with Crippen LogP contribution < -0.4 is 18.9 Å². The first-order valence-corrected chi connectivity index (χ1v) is 7.32. The van der Waals surface area contributed by atoms with Gasteiger partial charge in [-0.1, -0.05) is 0 Å². The summed E-state index contributed by atoms with van der Waals surface area (Å²) in [5.74, 6) is -0.560. The maximum absolute atomic E-state index is 12.3. The van der Waals surface area contributed by atoms with Gasteiger partial charge < -0.3 is 18.9 Å². The van der Waals surface area contributed by atoms with Gasteiger partial charge in [-0.3, -0.25) is 4.90 Å². The Balaban J connectivity index is 0.00000242. The Hall–Kier alpha value is -0.253. The fourth-order valence-electron chi connectivity index (χ4n) is 2.84. The van der Waals surface area contributed by atoms with Gasteiger partial charge in [0.1, 0.15) is 5.72 Å². The molecule has 2 saturated heterocycles. The van der Waals surface area contributed by atoms with Gasteiger partial charge >= 0.3 is 25.0 Å². The predicted octanol–water partition coefficient (Wildman–Crippen LogP) is -0.323. The third-order valence-corrected chi connectivity index (χ3v) is 3.72. The van der Waals surface area contributed by atoms with Crippen molar-refractivity contribution in [1.82, 2.24) is 4.90 Å². The Morgan fingerprint density at radius 1 is 1.23 bits per heavy atom. The Kier molecular flexibility index (Phi) is 6.03. The number of carbonyl (C=O) groups excluding carboxylic acids is 1. The molecule has 0 N–H and O–H groups in total. The zero-order valence-electron chi connectivity index (χ0n) is 14.8. The van der Waals surface area contributed by atoms with E-state index < -0.39 is 17.6 Å². The molecule has 0 aromatic rings. The van der Waals surface area contributed by atoms with Gasteiger partial charge in [0.2, 0.25) is 0 Å². The zero-order valence-corrected chi connectivity index (χ0v) is 14.8. The first-order chi connectivity index (χ1) is 9.54. The summed E-state index contributed by atoms with van der Waals surface area (Å²) >= 11 is 0. The van der Waals surface area contributed by atoms with Crippen LogP contribution in [0, 0.1) is 6.61 Å². The number of hydrogen-bond acceptors (Lipinski definition) is 5. The predicted molar refractivity (Wildman–Crippen MR) is 76.3 cm³/mol. The fraction of sp³-hybridized carbons (Fsp3) is 0.867. The van der Waals surface area contributed by atoms with E-state index in [2.05, 4.69) is 0 Å². The SMILES string of the molecule is CC1(C)OCC(C[CH-]OC(=O)N2C(C)(C)COC2(C)C)O1.[Li+].